The lowest BCUT2D eigenvalue weighted by Gasteiger charge is -2.07. The number of ether oxygens (including phenoxy) is 4. The first kappa shape index (κ1) is 18.8. The van der Waals surface area contributed by atoms with Gasteiger partial charge in [0.25, 0.3) is 0 Å². The zero-order valence-electron chi connectivity index (χ0n) is 13.0. The van der Waals surface area contributed by atoms with Crippen LogP contribution in [0.15, 0.2) is 30.8 Å². The van der Waals surface area contributed by atoms with E-state index in [4.69, 9.17) is 24.1 Å². The Morgan fingerprint density at radius 1 is 0.773 bits per heavy atom. The average molecular weight is 310 g/mol. The van der Waals surface area contributed by atoms with Crippen LogP contribution in [0.3, 0.4) is 0 Å². The molecule has 22 heavy (non-hydrogen) atoms. The molecular weight excluding hydrogens is 284 g/mol. The molecule has 0 heterocycles. The van der Waals surface area contributed by atoms with Gasteiger partial charge in [-0.1, -0.05) is 36.9 Å². The molecule has 0 amide bonds. The lowest BCUT2D eigenvalue weighted by atomic mass is 10.1. The van der Waals surface area contributed by atoms with Gasteiger partial charge in [-0.15, -0.1) is 0 Å². The Kier molecular flexibility index (Phi) is 11.5. The predicted molar refractivity (Wildman–Crippen MR) is 85.7 cm³/mol. The van der Waals surface area contributed by atoms with Gasteiger partial charge in [0.2, 0.25) is 0 Å². The summed E-state index contributed by atoms with van der Waals surface area (Å²) < 4.78 is 21.3. The lowest BCUT2D eigenvalue weighted by molar-refractivity contribution is -0.00743. The third-order valence-electron chi connectivity index (χ3n) is 2.84. The summed E-state index contributed by atoms with van der Waals surface area (Å²) in [7, 11) is 0. The van der Waals surface area contributed by atoms with Crippen LogP contribution < -0.4 is 0 Å². The maximum absolute atomic E-state index is 8.50. The number of aliphatic hydroxyl groups is 1. The second-order valence-electron chi connectivity index (χ2n) is 4.56. The van der Waals surface area contributed by atoms with E-state index in [1.807, 2.05) is 30.3 Å². The normalized spacial score (nSPS) is 10.8. The van der Waals surface area contributed by atoms with E-state index < -0.39 is 0 Å². The summed E-state index contributed by atoms with van der Waals surface area (Å²) in [6.07, 6.45) is 1.82. The topological polar surface area (TPSA) is 57.2 Å². The molecule has 1 aromatic carbocycles. The molecule has 124 valence electrons. The van der Waals surface area contributed by atoms with Crippen LogP contribution in [0.5, 0.6) is 0 Å². The predicted octanol–water partition coefficient (Wildman–Crippen LogP) is 1.89. The molecule has 0 aliphatic rings. The molecule has 0 saturated heterocycles. The Morgan fingerprint density at radius 3 is 1.77 bits per heavy atom. The number of rotatable bonds is 14. The van der Waals surface area contributed by atoms with Gasteiger partial charge >= 0.3 is 0 Å². The van der Waals surface area contributed by atoms with Crippen molar-refractivity contribution in [3.63, 3.8) is 0 Å². The van der Waals surface area contributed by atoms with Crippen LogP contribution >= 0.6 is 0 Å². The van der Waals surface area contributed by atoms with Crippen LogP contribution in [0.25, 0.3) is 6.08 Å². The summed E-state index contributed by atoms with van der Waals surface area (Å²) >= 11 is 0. The highest BCUT2D eigenvalue weighted by atomic mass is 16.6. The van der Waals surface area contributed by atoms with E-state index in [1.54, 1.807) is 0 Å². The largest absolute Gasteiger partial charge is 0.394 e. The van der Waals surface area contributed by atoms with Gasteiger partial charge in [-0.05, 0) is 11.1 Å². The van der Waals surface area contributed by atoms with E-state index in [1.165, 1.54) is 0 Å². The van der Waals surface area contributed by atoms with E-state index in [-0.39, 0.29) is 6.61 Å². The maximum Gasteiger partial charge on any atom is 0.0718 e. The highest BCUT2D eigenvalue weighted by molar-refractivity contribution is 5.47. The first-order valence-electron chi connectivity index (χ1n) is 7.50. The molecule has 0 saturated carbocycles. The van der Waals surface area contributed by atoms with Gasteiger partial charge < -0.3 is 24.1 Å². The summed E-state index contributed by atoms with van der Waals surface area (Å²) in [4.78, 5) is 0. The van der Waals surface area contributed by atoms with Crippen molar-refractivity contribution < 1.29 is 24.1 Å². The summed E-state index contributed by atoms with van der Waals surface area (Å²) in [5, 5.41) is 8.50. The molecule has 0 aliphatic heterocycles. The molecule has 0 aliphatic carbocycles. The summed E-state index contributed by atoms with van der Waals surface area (Å²) in [6.45, 7) is 7.89. The maximum atomic E-state index is 8.50. The highest BCUT2D eigenvalue weighted by Crippen LogP contribution is 2.06. The minimum absolute atomic E-state index is 0.0432. The first-order valence-corrected chi connectivity index (χ1v) is 7.50. The molecule has 1 rings (SSSR count). The highest BCUT2D eigenvalue weighted by Gasteiger charge is 1.95. The van der Waals surface area contributed by atoms with Crippen molar-refractivity contribution in [1.29, 1.82) is 0 Å². The molecule has 0 spiro atoms. The quantitative estimate of drug-likeness (QED) is 0.532. The molecular formula is C17H26O5. The van der Waals surface area contributed by atoms with Gasteiger partial charge in [-0.3, -0.25) is 0 Å². The molecule has 5 nitrogen and oxygen atoms in total. The van der Waals surface area contributed by atoms with Crippen molar-refractivity contribution in [2.45, 2.75) is 6.61 Å². The third kappa shape index (κ3) is 9.65. The minimum atomic E-state index is 0.0432. The van der Waals surface area contributed by atoms with Crippen LogP contribution in [0.2, 0.25) is 0 Å². The second kappa shape index (κ2) is 13.4. The van der Waals surface area contributed by atoms with Gasteiger partial charge in [-0.25, -0.2) is 0 Å². The van der Waals surface area contributed by atoms with Crippen molar-refractivity contribution in [2.24, 2.45) is 0 Å². The molecule has 0 unspecified atom stereocenters. The fraction of sp³-hybridized carbons (Fsp3) is 0.529. The molecule has 5 heteroatoms. The monoisotopic (exact) mass is 310 g/mol. The third-order valence-corrected chi connectivity index (χ3v) is 2.84. The molecule has 0 aromatic heterocycles. The van der Waals surface area contributed by atoms with Gasteiger partial charge in [0.15, 0.2) is 0 Å². The summed E-state index contributed by atoms with van der Waals surface area (Å²) in [6, 6.07) is 8.10. The number of hydrogen-bond acceptors (Lipinski definition) is 5. The smallest absolute Gasteiger partial charge is 0.0718 e. The van der Waals surface area contributed by atoms with Gasteiger partial charge in [0, 0.05) is 0 Å². The molecule has 1 N–H and O–H groups in total. The standard InChI is InChI=1S/C17H26O5/c1-2-16-3-5-17(6-4-16)15-22-14-13-21-12-11-20-10-9-19-8-7-18/h2-6,18H,1,7-15H2. The Labute approximate surface area is 132 Å². The zero-order chi connectivity index (χ0) is 15.9. The molecule has 0 fully saturated rings. The lowest BCUT2D eigenvalue weighted by Crippen LogP contribution is -2.12. The van der Waals surface area contributed by atoms with E-state index >= 15 is 0 Å². The Morgan fingerprint density at radius 2 is 1.27 bits per heavy atom. The average Bonchev–Trinajstić information content (AvgIpc) is 2.56. The fourth-order valence-corrected chi connectivity index (χ4v) is 1.66. The van der Waals surface area contributed by atoms with Crippen LogP contribution in [0.1, 0.15) is 11.1 Å². The van der Waals surface area contributed by atoms with E-state index in [0.29, 0.717) is 52.9 Å². The van der Waals surface area contributed by atoms with Gasteiger partial charge in [-0.2, -0.15) is 0 Å². The zero-order valence-corrected chi connectivity index (χ0v) is 13.0. The molecule has 0 atom stereocenters. The van der Waals surface area contributed by atoms with Crippen molar-refractivity contribution in [3.05, 3.63) is 42.0 Å². The molecule has 0 bridgehead atoms. The molecule has 1 aromatic rings. The summed E-state index contributed by atoms with van der Waals surface area (Å²) in [5.41, 5.74) is 2.24. The van der Waals surface area contributed by atoms with E-state index in [0.717, 1.165) is 11.1 Å². The molecule has 0 radical (unpaired) electrons. The van der Waals surface area contributed by atoms with Crippen LogP contribution in [0, 0.1) is 0 Å². The van der Waals surface area contributed by atoms with Crippen molar-refractivity contribution in [2.75, 3.05) is 52.9 Å². The van der Waals surface area contributed by atoms with Crippen molar-refractivity contribution in [1.82, 2.24) is 0 Å². The van der Waals surface area contributed by atoms with Crippen molar-refractivity contribution in [3.8, 4) is 0 Å². The number of benzene rings is 1. The SMILES string of the molecule is C=Cc1ccc(COCCOCCOCCOCCO)cc1. The Hall–Kier alpha value is -1.24. The number of aliphatic hydroxyl groups excluding tert-OH is 1. The Bertz CT molecular complexity index is 377. The van der Waals surface area contributed by atoms with Crippen molar-refractivity contribution >= 4 is 6.08 Å². The summed E-state index contributed by atoms with van der Waals surface area (Å²) in [5.74, 6) is 0. The van der Waals surface area contributed by atoms with E-state index in [2.05, 4.69) is 6.58 Å². The fourth-order valence-electron chi connectivity index (χ4n) is 1.66. The second-order valence-corrected chi connectivity index (χ2v) is 4.56. The first-order chi connectivity index (χ1) is 10.9. The van der Waals surface area contributed by atoms with E-state index in [9.17, 15) is 0 Å². The number of hydrogen-bond donors (Lipinski definition) is 1. The van der Waals surface area contributed by atoms with Gasteiger partial charge in [0.05, 0.1) is 59.5 Å². The van der Waals surface area contributed by atoms with Crippen LogP contribution in [-0.4, -0.2) is 58.0 Å². The van der Waals surface area contributed by atoms with Crippen LogP contribution in [0.4, 0.5) is 0 Å². The minimum Gasteiger partial charge on any atom is -0.394 e. The van der Waals surface area contributed by atoms with Crippen LogP contribution in [-0.2, 0) is 25.6 Å². The Balaban J connectivity index is 1.86. The van der Waals surface area contributed by atoms with Gasteiger partial charge in [0.1, 0.15) is 0 Å².